The monoisotopic (exact) mass is 353 g/mol. The summed E-state index contributed by atoms with van der Waals surface area (Å²) in [5.41, 5.74) is 1.15. The number of rotatable bonds is 7. The van der Waals surface area contributed by atoms with E-state index in [4.69, 9.17) is 4.74 Å². The summed E-state index contributed by atoms with van der Waals surface area (Å²) in [6, 6.07) is 10.4. The molecular formula is C16H20BrNOS. The molecule has 0 amide bonds. The second kappa shape index (κ2) is 7.81. The highest BCUT2D eigenvalue weighted by atomic mass is 79.9. The lowest BCUT2D eigenvalue weighted by molar-refractivity contribution is 0.307. The normalized spacial score (nSPS) is 10.8. The highest BCUT2D eigenvalue weighted by Gasteiger charge is 2.03. The van der Waals surface area contributed by atoms with Crippen LogP contribution in [0.2, 0.25) is 0 Å². The summed E-state index contributed by atoms with van der Waals surface area (Å²) >= 11 is 5.28. The predicted molar refractivity (Wildman–Crippen MR) is 89.5 cm³/mol. The van der Waals surface area contributed by atoms with E-state index in [1.807, 2.05) is 23.5 Å². The molecule has 0 aliphatic rings. The van der Waals surface area contributed by atoms with Gasteiger partial charge in [0.2, 0.25) is 0 Å². The van der Waals surface area contributed by atoms with Crippen molar-refractivity contribution < 1.29 is 4.74 Å². The molecule has 2 nitrogen and oxygen atoms in total. The van der Waals surface area contributed by atoms with Crippen LogP contribution < -0.4 is 10.1 Å². The summed E-state index contributed by atoms with van der Waals surface area (Å²) < 4.78 is 6.97. The molecule has 1 heterocycles. The standard InChI is InChI=1S/C16H20BrNOS/c1-3-8-18-10-14-5-6-15(20-14)11-19-16-7-4-13(17)9-12(16)2/h4-7,9,18H,3,8,10-11H2,1-2H3. The molecule has 0 fully saturated rings. The van der Waals surface area contributed by atoms with Gasteiger partial charge < -0.3 is 10.1 Å². The van der Waals surface area contributed by atoms with E-state index in [9.17, 15) is 0 Å². The minimum atomic E-state index is 0.640. The van der Waals surface area contributed by atoms with E-state index in [-0.39, 0.29) is 0 Å². The summed E-state index contributed by atoms with van der Waals surface area (Å²) in [5.74, 6) is 0.951. The van der Waals surface area contributed by atoms with Crippen LogP contribution in [0.15, 0.2) is 34.8 Å². The van der Waals surface area contributed by atoms with Gasteiger partial charge in [-0.1, -0.05) is 22.9 Å². The van der Waals surface area contributed by atoms with Crippen molar-refractivity contribution in [2.75, 3.05) is 6.54 Å². The third-order valence-corrected chi connectivity index (χ3v) is 4.50. The zero-order chi connectivity index (χ0) is 14.4. The number of thiophene rings is 1. The Morgan fingerprint density at radius 1 is 1.20 bits per heavy atom. The first-order chi connectivity index (χ1) is 9.69. The van der Waals surface area contributed by atoms with Gasteiger partial charge in [-0.05, 0) is 55.8 Å². The van der Waals surface area contributed by atoms with Crippen molar-refractivity contribution in [3.8, 4) is 5.75 Å². The zero-order valence-electron chi connectivity index (χ0n) is 11.9. The van der Waals surface area contributed by atoms with E-state index in [2.05, 4.69) is 53.3 Å². The number of hydrogen-bond acceptors (Lipinski definition) is 3. The van der Waals surface area contributed by atoms with Crippen LogP contribution in [0.4, 0.5) is 0 Å². The Bertz CT molecular complexity index is 553. The van der Waals surface area contributed by atoms with Crippen molar-refractivity contribution >= 4 is 27.3 Å². The molecular weight excluding hydrogens is 334 g/mol. The Morgan fingerprint density at radius 2 is 2.00 bits per heavy atom. The van der Waals surface area contributed by atoms with Gasteiger partial charge in [0, 0.05) is 20.8 Å². The van der Waals surface area contributed by atoms with E-state index >= 15 is 0 Å². The Labute approximate surface area is 133 Å². The number of benzene rings is 1. The van der Waals surface area contributed by atoms with Crippen molar-refractivity contribution in [1.29, 1.82) is 0 Å². The maximum Gasteiger partial charge on any atom is 0.122 e. The Balaban J connectivity index is 1.87. The fourth-order valence-corrected chi connectivity index (χ4v) is 3.28. The van der Waals surface area contributed by atoms with Crippen LogP contribution in [0.25, 0.3) is 0 Å². The second-order valence-corrected chi connectivity index (χ2v) is 6.91. The van der Waals surface area contributed by atoms with Crippen molar-refractivity contribution in [2.24, 2.45) is 0 Å². The number of aryl methyl sites for hydroxylation is 1. The van der Waals surface area contributed by atoms with Crippen LogP contribution in [-0.4, -0.2) is 6.54 Å². The van der Waals surface area contributed by atoms with Gasteiger partial charge in [-0.25, -0.2) is 0 Å². The van der Waals surface area contributed by atoms with Gasteiger partial charge in [0.05, 0.1) is 0 Å². The number of halogens is 1. The first-order valence-corrected chi connectivity index (χ1v) is 8.47. The van der Waals surface area contributed by atoms with Crippen LogP contribution in [0.5, 0.6) is 5.75 Å². The summed E-state index contributed by atoms with van der Waals surface area (Å²) in [6.45, 7) is 6.91. The summed E-state index contributed by atoms with van der Waals surface area (Å²) in [7, 11) is 0. The molecule has 0 aliphatic carbocycles. The molecule has 2 rings (SSSR count). The molecule has 0 saturated heterocycles. The minimum Gasteiger partial charge on any atom is -0.488 e. The van der Waals surface area contributed by atoms with Crippen LogP contribution in [-0.2, 0) is 13.2 Å². The van der Waals surface area contributed by atoms with E-state index in [1.165, 1.54) is 16.2 Å². The molecule has 108 valence electrons. The Hall–Kier alpha value is -0.840. The molecule has 0 aliphatic heterocycles. The van der Waals surface area contributed by atoms with E-state index in [0.717, 1.165) is 28.9 Å². The molecule has 0 radical (unpaired) electrons. The molecule has 1 aromatic carbocycles. The highest BCUT2D eigenvalue weighted by molar-refractivity contribution is 9.10. The lowest BCUT2D eigenvalue weighted by Crippen LogP contribution is -2.12. The molecule has 0 atom stereocenters. The molecule has 20 heavy (non-hydrogen) atoms. The molecule has 0 saturated carbocycles. The number of hydrogen-bond donors (Lipinski definition) is 1. The highest BCUT2D eigenvalue weighted by Crippen LogP contribution is 2.24. The topological polar surface area (TPSA) is 21.3 Å². The molecule has 0 unspecified atom stereocenters. The van der Waals surface area contributed by atoms with Crippen LogP contribution in [0.3, 0.4) is 0 Å². The van der Waals surface area contributed by atoms with E-state index in [1.54, 1.807) is 0 Å². The smallest absolute Gasteiger partial charge is 0.122 e. The molecule has 0 spiro atoms. The fourth-order valence-electron chi connectivity index (χ4n) is 1.91. The lowest BCUT2D eigenvalue weighted by atomic mass is 10.2. The van der Waals surface area contributed by atoms with Crippen LogP contribution in [0.1, 0.15) is 28.7 Å². The van der Waals surface area contributed by atoms with E-state index in [0.29, 0.717) is 6.61 Å². The average Bonchev–Trinajstić information content (AvgIpc) is 2.86. The summed E-state index contributed by atoms with van der Waals surface area (Å²) in [6.07, 6.45) is 1.17. The summed E-state index contributed by atoms with van der Waals surface area (Å²) in [5, 5.41) is 3.42. The largest absolute Gasteiger partial charge is 0.488 e. The van der Waals surface area contributed by atoms with E-state index < -0.39 is 0 Å². The SMILES string of the molecule is CCCNCc1ccc(COc2ccc(Br)cc2C)s1. The number of nitrogens with one attached hydrogen (secondary N) is 1. The Kier molecular flexibility index (Phi) is 6.07. The maximum atomic E-state index is 5.89. The molecule has 4 heteroatoms. The van der Waals surface area contributed by atoms with Crippen LogP contribution >= 0.6 is 27.3 Å². The summed E-state index contributed by atoms with van der Waals surface area (Å²) in [4.78, 5) is 2.63. The zero-order valence-corrected chi connectivity index (χ0v) is 14.3. The van der Waals surface area contributed by atoms with Gasteiger partial charge in [-0.15, -0.1) is 11.3 Å². The number of ether oxygens (including phenoxy) is 1. The first kappa shape index (κ1) is 15.5. The maximum absolute atomic E-state index is 5.89. The van der Waals surface area contributed by atoms with Crippen LogP contribution in [0, 0.1) is 6.92 Å². The van der Waals surface area contributed by atoms with Crippen molar-refractivity contribution in [3.05, 3.63) is 50.1 Å². The van der Waals surface area contributed by atoms with Gasteiger partial charge in [0.15, 0.2) is 0 Å². The van der Waals surface area contributed by atoms with Crippen molar-refractivity contribution in [3.63, 3.8) is 0 Å². The molecule has 1 N–H and O–H groups in total. The molecule has 1 aromatic heterocycles. The average molecular weight is 354 g/mol. The molecule has 0 bridgehead atoms. The molecule has 2 aromatic rings. The minimum absolute atomic E-state index is 0.640. The third-order valence-electron chi connectivity index (χ3n) is 2.95. The van der Waals surface area contributed by atoms with Crippen molar-refractivity contribution in [2.45, 2.75) is 33.4 Å². The Morgan fingerprint density at radius 3 is 2.75 bits per heavy atom. The lowest BCUT2D eigenvalue weighted by Gasteiger charge is -2.08. The van der Waals surface area contributed by atoms with Gasteiger partial charge in [-0.3, -0.25) is 0 Å². The first-order valence-electron chi connectivity index (χ1n) is 6.86. The predicted octanol–water partition coefficient (Wildman–Crippen LogP) is 4.90. The fraction of sp³-hybridized carbons (Fsp3) is 0.375. The van der Waals surface area contributed by atoms with Gasteiger partial charge in [0.25, 0.3) is 0 Å². The van der Waals surface area contributed by atoms with Gasteiger partial charge >= 0.3 is 0 Å². The van der Waals surface area contributed by atoms with Crippen molar-refractivity contribution in [1.82, 2.24) is 5.32 Å². The third kappa shape index (κ3) is 4.62. The quantitative estimate of drug-likeness (QED) is 0.715. The van der Waals surface area contributed by atoms with Gasteiger partial charge in [0.1, 0.15) is 12.4 Å². The second-order valence-electron chi connectivity index (χ2n) is 4.74. The van der Waals surface area contributed by atoms with Gasteiger partial charge in [-0.2, -0.15) is 0 Å².